The molecule has 1 aliphatic heterocycles. The molecule has 0 saturated carbocycles. The van der Waals surface area contributed by atoms with Gasteiger partial charge in [0.1, 0.15) is 16.9 Å². The summed E-state index contributed by atoms with van der Waals surface area (Å²) in [6, 6.07) is 4.35. The average molecular weight is 457 g/mol. The van der Waals surface area contributed by atoms with Gasteiger partial charge in [-0.3, -0.25) is 9.88 Å². The molecule has 5 rings (SSSR count). The Hall–Kier alpha value is -3.31. The molecule has 8 nitrogen and oxygen atoms in total. The SMILES string of the molecule is Nc1ncc(-c2ccc3ncc4ncn(CCCN5CCOCC5)c4c3n2)cc1C(F)(F)F. The van der Waals surface area contributed by atoms with E-state index in [2.05, 4.69) is 24.8 Å². The monoisotopic (exact) mass is 457 g/mol. The van der Waals surface area contributed by atoms with Crippen molar-refractivity contribution in [2.75, 3.05) is 38.6 Å². The van der Waals surface area contributed by atoms with Crippen LogP contribution in [0, 0.1) is 0 Å². The first-order valence-corrected chi connectivity index (χ1v) is 10.6. The van der Waals surface area contributed by atoms with Gasteiger partial charge in [-0.1, -0.05) is 0 Å². The molecule has 1 aliphatic rings. The summed E-state index contributed by atoms with van der Waals surface area (Å²) in [5.41, 5.74) is 7.76. The highest BCUT2D eigenvalue weighted by atomic mass is 19.4. The van der Waals surface area contributed by atoms with E-state index in [1.807, 2.05) is 4.57 Å². The highest BCUT2D eigenvalue weighted by Crippen LogP contribution is 2.35. The van der Waals surface area contributed by atoms with Crippen LogP contribution in [0.15, 0.2) is 36.9 Å². The summed E-state index contributed by atoms with van der Waals surface area (Å²) < 4.78 is 47.3. The minimum absolute atomic E-state index is 0.230. The van der Waals surface area contributed by atoms with Gasteiger partial charge in [0.25, 0.3) is 0 Å². The summed E-state index contributed by atoms with van der Waals surface area (Å²) in [7, 11) is 0. The molecular formula is C22H22F3N7O. The van der Waals surface area contributed by atoms with Gasteiger partial charge >= 0.3 is 6.18 Å². The molecule has 0 spiro atoms. The van der Waals surface area contributed by atoms with Gasteiger partial charge in [0.2, 0.25) is 0 Å². The van der Waals surface area contributed by atoms with Gasteiger partial charge in [-0.05, 0) is 24.6 Å². The van der Waals surface area contributed by atoms with Crippen molar-refractivity contribution in [1.29, 1.82) is 0 Å². The number of ether oxygens (including phenoxy) is 1. The van der Waals surface area contributed by atoms with Crippen LogP contribution in [0.3, 0.4) is 0 Å². The summed E-state index contributed by atoms with van der Waals surface area (Å²) in [5, 5.41) is 0. The van der Waals surface area contributed by atoms with Crippen molar-refractivity contribution in [2.24, 2.45) is 0 Å². The summed E-state index contributed by atoms with van der Waals surface area (Å²) in [6.07, 6.45) is 1.06. The zero-order chi connectivity index (χ0) is 23.0. The molecule has 1 saturated heterocycles. The number of nitrogens with zero attached hydrogens (tertiary/aromatic N) is 6. The minimum Gasteiger partial charge on any atom is -0.383 e. The second-order valence-electron chi connectivity index (χ2n) is 7.96. The largest absolute Gasteiger partial charge is 0.419 e. The maximum absolute atomic E-state index is 13.3. The van der Waals surface area contributed by atoms with E-state index in [0.29, 0.717) is 22.2 Å². The third-order valence-electron chi connectivity index (χ3n) is 5.79. The number of hydrogen-bond donors (Lipinski definition) is 1. The fourth-order valence-corrected chi connectivity index (χ4v) is 4.07. The van der Waals surface area contributed by atoms with Crippen molar-refractivity contribution in [1.82, 2.24) is 29.4 Å². The van der Waals surface area contributed by atoms with Crippen molar-refractivity contribution < 1.29 is 17.9 Å². The molecule has 0 aromatic carbocycles. The van der Waals surface area contributed by atoms with Crippen molar-refractivity contribution in [3.63, 3.8) is 0 Å². The number of halogens is 3. The van der Waals surface area contributed by atoms with E-state index in [4.69, 9.17) is 10.5 Å². The molecule has 0 bridgehead atoms. The van der Waals surface area contributed by atoms with Gasteiger partial charge in [0.05, 0.1) is 48.0 Å². The number of nitrogen functional groups attached to an aromatic ring is 1. The number of aromatic nitrogens is 5. The second kappa shape index (κ2) is 8.56. The first-order valence-electron chi connectivity index (χ1n) is 10.6. The van der Waals surface area contributed by atoms with Gasteiger partial charge in [-0.15, -0.1) is 0 Å². The molecule has 5 heterocycles. The lowest BCUT2D eigenvalue weighted by Gasteiger charge is -2.26. The van der Waals surface area contributed by atoms with Crippen molar-refractivity contribution in [2.45, 2.75) is 19.1 Å². The van der Waals surface area contributed by atoms with E-state index >= 15 is 0 Å². The molecule has 11 heteroatoms. The van der Waals surface area contributed by atoms with Gasteiger partial charge in [0.15, 0.2) is 0 Å². The number of imidazole rings is 1. The Kier molecular flexibility index (Phi) is 5.59. The first-order chi connectivity index (χ1) is 15.9. The maximum atomic E-state index is 13.3. The Morgan fingerprint density at radius 1 is 1.00 bits per heavy atom. The van der Waals surface area contributed by atoms with Crippen LogP contribution in [0.5, 0.6) is 0 Å². The van der Waals surface area contributed by atoms with E-state index in [9.17, 15) is 13.2 Å². The smallest absolute Gasteiger partial charge is 0.383 e. The Labute approximate surface area is 187 Å². The second-order valence-corrected chi connectivity index (χ2v) is 7.96. The number of anilines is 1. The third-order valence-corrected chi connectivity index (χ3v) is 5.79. The summed E-state index contributed by atoms with van der Waals surface area (Å²) in [5.74, 6) is -0.561. The number of nitrogens with two attached hydrogens (primary N) is 1. The van der Waals surface area contributed by atoms with Crippen LogP contribution in [0.25, 0.3) is 33.3 Å². The molecule has 2 N–H and O–H groups in total. The zero-order valence-corrected chi connectivity index (χ0v) is 17.7. The van der Waals surface area contributed by atoms with E-state index < -0.39 is 17.6 Å². The van der Waals surface area contributed by atoms with Crippen LogP contribution in [-0.2, 0) is 17.5 Å². The van der Waals surface area contributed by atoms with E-state index in [-0.39, 0.29) is 5.56 Å². The van der Waals surface area contributed by atoms with Gasteiger partial charge in [-0.25, -0.2) is 15.0 Å². The lowest BCUT2D eigenvalue weighted by Crippen LogP contribution is -2.37. The maximum Gasteiger partial charge on any atom is 0.419 e. The molecule has 4 aromatic rings. The highest BCUT2D eigenvalue weighted by Gasteiger charge is 2.34. The average Bonchev–Trinajstić information content (AvgIpc) is 3.22. The Bertz CT molecular complexity index is 1300. The first kappa shape index (κ1) is 21.5. The third kappa shape index (κ3) is 4.33. The molecule has 0 atom stereocenters. The standard InChI is InChI=1S/C22H22F3N7O/c23-22(24,25)15-10-14(11-28-21(15)26)16-2-3-17-19(30-16)20-18(12-27-17)29-13-32(20)5-1-4-31-6-8-33-9-7-31/h2-3,10-13H,1,4-9H2,(H2,26,28). The van der Waals surface area contributed by atoms with Gasteiger partial charge in [0, 0.05) is 37.9 Å². The van der Waals surface area contributed by atoms with Gasteiger partial charge < -0.3 is 15.0 Å². The molecule has 0 unspecified atom stereocenters. The number of pyridine rings is 3. The van der Waals surface area contributed by atoms with Crippen molar-refractivity contribution in [3.8, 4) is 11.3 Å². The fraction of sp³-hybridized carbons (Fsp3) is 0.364. The van der Waals surface area contributed by atoms with Crippen LogP contribution in [-0.4, -0.2) is 62.3 Å². The van der Waals surface area contributed by atoms with Crippen LogP contribution in [0.1, 0.15) is 12.0 Å². The predicted octanol–water partition coefficient (Wildman–Crippen LogP) is 3.36. The number of alkyl halides is 3. The van der Waals surface area contributed by atoms with Gasteiger partial charge in [-0.2, -0.15) is 13.2 Å². The molecule has 0 aliphatic carbocycles. The number of morpholine rings is 1. The van der Waals surface area contributed by atoms with Crippen LogP contribution >= 0.6 is 0 Å². The Morgan fingerprint density at radius 3 is 2.61 bits per heavy atom. The molecule has 0 radical (unpaired) electrons. The molecule has 0 amide bonds. The predicted molar refractivity (Wildman–Crippen MR) is 117 cm³/mol. The number of aryl methyl sites for hydroxylation is 1. The topological polar surface area (TPSA) is 95.0 Å². The van der Waals surface area contributed by atoms with E-state index in [0.717, 1.165) is 57.4 Å². The Morgan fingerprint density at radius 2 is 1.82 bits per heavy atom. The molecule has 33 heavy (non-hydrogen) atoms. The number of rotatable bonds is 5. The summed E-state index contributed by atoms with van der Waals surface area (Å²) in [6.45, 7) is 5.05. The van der Waals surface area contributed by atoms with Crippen molar-refractivity contribution >= 4 is 27.9 Å². The summed E-state index contributed by atoms with van der Waals surface area (Å²) in [4.78, 5) is 19.6. The lowest BCUT2D eigenvalue weighted by molar-refractivity contribution is -0.137. The summed E-state index contributed by atoms with van der Waals surface area (Å²) >= 11 is 0. The van der Waals surface area contributed by atoms with E-state index in [1.165, 1.54) is 6.20 Å². The highest BCUT2D eigenvalue weighted by molar-refractivity contribution is 6.00. The van der Waals surface area contributed by atoms with E-state index in [1.54, 1.807) is 24.7 Å². The normalized spacial score (nSPS) is 15.5. The van der Waals surface area contributed by atoms with Crippen LogP contribution in [0.4, 0.5) is 19.0 Å². The Balaban J connectivity index is 1.49. The molecular weight excluding hydrogens is 435 g/mol. The number of fused-ring (bicyclic) bond motifs is 3. The number of hydrogen-bond acceptors (Lipinski definition) is 7. The minimum atomic E-state index is -4.60. The fourth-order valence-electron chi connectivity index (χ4n) is 4.07. The molecule has 4 aromatic heterocycles. The van der Waals surface area contributed by atoms with Crippen LogP contribution < -0.4 is 5.73 Å². The lowest BCUT2D eigenvalue weighted by atomic mass is 10.1. The van der Waals surface area contributed by atoms with Crippen molar-refractivity contribution in [3.05, 3.63) is 42.5 Å². The zero-order valence-electron chi connectivity index (χ0n) is 17.7. The molecule has 1 fully saturated rings. The van der Waals surface area contributed by atoms with Crippen LogP contribution in [0.2, 0.25) is 0 Å². The molecule has 172 valence electrons. The quantitative estimate of drug-likeness (QED) is 0.491.